The average Bonchev–Trinajstić information content (AvgIpc) is 2.40. The molecule has 0 atom stereocenters. The molecule has 0 unspecified atom stereocenters. The van der Waals surface area contributed by atoms with E-state index in [9.17, 15) is 9.18 Å². The van der Waals surface area contributed by atoms with Gasteiger partial charge < -0.3 is 10.1 Å². The molecular formula is C13H10ClFN2O2. The van der Waals surface area contributed by atoms with E-state index in [1.807, 2.05) is 0 Å². The molecule has 19 heavy (non-hydrogen) atoms. The summed E-state index contributed by atoms with van der Waals surface area (Å²) in [5.41, 5.74) is 0.476. The Morgan fingerprint density at radius 1 is 1.32 bits per heavy atom. The average molecular weight is 281 g/mol. The Labute approximate surface area is 114 Å². The van der Waals surface area contributed by atoms with Crippen LogP contribution in [0.4, 0.5) is 10.1 Å². The largest absolute Gasteiger partial charge is 0.479 e. The summed E-state index contributed by atoms with van der Waals surface area (Å²) in [5.74, 6) is -1.26. The van der Waals surface area contributed by atoms with Crippen molar-refractivity contribution in [2.24, 2.45) is 0 Å². The van der Waals surface area contributed by atoms with E-state index in [-0.39, 0.29) is 12.4 Å². The summed E-state index contributed by atoms with van der Waals surface area (Å²) >= 11 is 5.89. The number of nitrogens with one attached hydrogen (secondary N) is 1. The van der Waals surface area contributed by atoms with Gasteiger partial charge in [-0.25, -0.2) is 4.98 Å². The predicted molar refractivity (Wildman–Crippen MR) is 69.8 cm³/mol. The normalized spacial score (nSPS) is 10.0. The molecule has 2 rings (SSSR count). The molecule has 0 fully saturated rings. The monoisotopic (exact) mass is 280 g/mol. The number of carbonyl (C=O) groups excluding carboxylic acids is 1. The van der Waals surface area contributed by atoms with Crippen LogP contribution in [0.15, 0.2) is 42.6 Å². The van der Waals surface area contributed by atoms with Gasteiger partial charge in [-0.05, 0) is 24.3 Å². The zero-order chi connectivity index (χ0) is 13.7. The van der Waals surface area contributed by atoms with Crippen molar-refractivity contribution in [2.45, 2.75) is 0 Å². The van der Waals surface area contributed by atoms with Gasteiger partial charge >= 0.3 is 0 Å². The number of halogens is 2. The van der Waals surface area contributed by atoms with Crippen molar-refractivity contribution in [1.29, 1.82) is 0 Å². The number of rotatable bonds is 4. The molecule has 1 aromatic carbocycles. The van der Waals surface area contributed by atoms with E-state index < -0.39 is 11.9 Å². The molecule has 0 saturated heterocycles. The third-order valence-corrected chi connectivity index (χ3v) is 2.56. The number of hydrogen-bond acceptors (Lipinski definition) is 3. The highest BCUT2D eigenvalue weighted by Crippen LogP contribution is 2.20. The number of carbonyl (C=O) groups is 1. The van der Waals surface area contributed by atoms with Gasteiger partial charge in [-0.3, -0.25) is 4.79 Å². The predicted octanol–water partition coefficient (Wildman–Crippen LogP) is 2.89. The molecule has 0 aliphatic heterocycles. The molecule has 2 aromatic rings. The Kier molecular flexibility index (Phi) is 4.30. The van der Waals surface area contributed by atoms with Crippen molar-refractivity contribution < 1.29 is 13.9 Å². The van der Waals surface area contributed by atoms with Gasteiger partial charge in [0.25, 0.3) is 11.9 Å². The fourth-order valence-electron chi connectivity index (χ4n) is 1.37. The van der Waals surface area contributed by atoms with Crippen LogP contribution in [0.1, 0.15) is 0 Å². The van der Waals surface area contributed by atoms with E-state index in [2.05, 4.69) is 10.3 Å². The summed E-state index contributed by atoms with van der Waals surface area (Å²) in [6.07, 6.45) is 1.30. The fourth-order valence-corrected chi connectivity index (χ4v) is 1.55. The molecule has 1 heterocycles. The van der Waals surface area contributed by atoms with Crippen molar-refractivity contribution in [2.75, 3.05) is 11.9 Å². The zero-order valence-corrected chi connectivity index (χ0v) is 10.5. The second-order valence-corrected chi connectivity index (χ2v) is 4.02. The summed E-state index contributed by atoms with van der Waals surface area (Å²) in [7, 11) is 0. The second-order valence-electron chi connectivity index (χ2n) is 3.61. The number of pyridine rings is 1. The van der Waals surface area contributed by atoms with E-state index >= 15 is 0 Å². The van der Waals surface area contributed by atoms with Crippen LogP contribution in [-0.2, 0) is 4.79 Å². The molecule has 0 bridgehead atoms. The van der Waals surface area contributed by atoms with E-state index in [1.165, 1.54) is 18.3 Å². The lowest BCUT2D eigenvalue weighted by Crippen LogP contribution is -2.20. The molecule has 1 aromatic heterocycles. The van der Waals surface area contributed by atoms with Crippen molar-refractivity contribution in [3.05, 3.63) is 53.6 Å². The molecule has 0 radical (unpaired) electrons. The van der Waals surface area contributed by atoms with Gasteiger partial charge in [0, 0.05) is 6.20 Å². The van der Waals surface area contributed by atoms with E-state index in [4.69, 9.17) is 16.3 Å². The first-order chi connectivity index (χ1) is 9.16. The van der Waals surface area contributed by atoms with Crippen molar-refractivity contribution in [3.63, 3.8) is 0 Å². The van der Waals surface area contributed by atoms with Crippen LogP contribution in [0.3, 0.4) is 0 Å². The number of para-hydroxylation sites is 1. The minimum Gasteiger partial charge on any atom is -0.479 e. The molecule has 0 spiro atoms. The minimum atomic E-state index is -0.756. The summed E-state index contributed by atoms with van der Waals surface area (Å²) < 4.78 is 18.2. The van der Waals surface area contributed by atoms with Gasteiger partial charge in [-0.2, -0.15) is 4.39 Å². The van der Waals surface area contributed by atoms with Crippen LogP contribution in [0.5, 0.6) is 5.75 Å². The van der Waals surface area contributed by atoms with E-state index in [0.717, 1.165) is 0 Å². The maximum absolute atomic E-state index is 13.1. The van der Waals surface area contributed by atoms with Gasteiger partial charge in [0.1, 0.15) is 0 Å². The Bertz CT molecular complexity index is 592. The lowest BCUT2D eigenvalue weighted by Gasteiger charge is -2.08. The molecule has 1 N–H and O–H groups in total. The van der Waals surface area contributed by atoms with Crippen LogP contribution in [0, 0.1) is 5.95 Å². The minimum absolute atomic E-state index is 0.0724. The van der Waals surface area contributed by atoms with E-state index in [0.29, 0.717) is 10.7 Å². The highest BCUT2D eigenvalue weighted by Gasteiger charge is 2.08. The quantitative estimate of drug-likeness (QED) is 0.876. The summed E-state index contributed by atoms with van der Waals surface area (Å²) in [4.78, 5) is 15.0. The Balaban J connectivity index is 1.92. The molecule has 4 nitrogen and oxygen atoms in total. The maximum atomic E-state index is 13.1. The van der Waals surface area contributed by atoms with Gasteiger partial charge in [-0.15, -0.1) is 0 Å². The molecular weight excluding hydrogens is 271 g/mol. The number of hydrogen-bond donors (Lipinski definition) is 1. The van der Waals surface area contributed by atoms with E-state index in [1.54, 1.807) is 24.3 Å². The van der Waals surface area contributed by atoms with Crippen molar-refractivity contribution in [3.8, 4) is 5.75 Å². The van der Waals surface area contributed by atoms with Crippen LogP contribution < -0.4 is 10.1 Å². The Morgan fingerprint density at radius 3 is 2.84 bits per heavy atom. The van der Waals surface area contributed by atoms with Crippen molar-refractivity contribution in [1.82, 2.24) is 4.98 Å². The second kappa shape index (κ2) is 6.15. The molecule has 0 aliphatic rings. The Hall–Kier alpha value is -2.14. The topological polar surface area (TPSA) is 51.2 Å². The van der Waals surface area contributed by atoms with Crippen LogP contribution >= 0.6 is 11.6 Å². The first-order valence-electron chi connectivity index (χ1n) is 5.44. The molecule has 98 valence electrons. The first kappa shape index (κ1) is 13.3. The number of anilines is 1. The fraction of sp³-hybridized carbons (Fsp3) is 0.0769. The maximum Gasteiger partial charge on any atom is 0.262 e. The molecule has 0 saturated carbocycles. The summed E-state index contributed by atoms with van der Waals surface area (Å²) in [6.45, 7) is -0.326. The summed E-state index contributed by atoms with van der Waals surface area (Å²) in [5, 5.41) is 2.98. The first-order valence-corrected chi connectivity index (χ1v) is 5.82. The lowest BCUT2D eigenvalue weighted by atomic mass is 10.3. The molecule has 1 amide bonds. The summed E-state index contributed by atoms with van der Waals surface area (Å²) in [6, 6.07) is 9.71. The van der Waals surface area contributed by atoms with Crippen LogP contribution in [-0.4, -0.2) is 17.5 Å². The van der Waals surface area contributed by atoms with Gasteiger partial charge in [-0.1, -0.05) is 23.7 Å². The zero-order valence-electron chi connectivity index (χ0n) is 9.77. The molecule has 6 heteroatoms. The van der Waals surface area contributed by atoms with Crippen molar-refractivity contribution >= 4 is 23.2 Å². The number of benzene rings is 1. The van der Waals surface area contributed by atoms with Gasteiger partial charge in [0.15, 0.2) is 12.4 Å². The van der Waals surface area contributed by atoms with Gasteiger partial charge in [0.05, 0.1) is 10.7 Å². The SMILES string of the molecule is O=C(COc1cccnc1F)Nc1ccccc1Cl. The number of amides is 1. The molecule has 0 aliphatic carbocycles. The Morgan fingerprint density at radius 2 is 2.11 bits per heavy atom. The van der Waals surface area contributed by atoms with Crippen LogP contribution in [0.25, 0.3) is 0 Å². The smallest absolute Gasteiger partial charge is 0.262 e. The number of nitrogens with zero attached hydrogens (tertiary/aromatic N) is 1. The van der Waals surface area contributed by atoms with Gasteiger partial charge in [0.2, 0.25) is 0 Å². The third kappa shape index (κ3) is 3.66. The third-order valence-electron chi connectivity index (χ3n) is 2.23. The highest BCUT2D eigenvalue weighted by atomic mass is 35.5. The highest BCUT2D eigenvalue weighted by molar-refractivity contribution is 6.33. The van der Waals surface area contributed by atoms with Crippen LogP contribution in [0.2, 0.25) is 5.02 Å². The lowest BCUT2D eigenvalue weighted by molar-refractivity contribution is -0.118. The number of ether oxygens (including phenoxy) is 1. The standard InChI is InChI=1S/C13H10ClFN2O2/c14-9-4-1-2-5-10(9)17-12(18)8-19-11-6-3-7-16-13(11)15/h1-7H,8H2,(H,17,18). The number of aromatic nitrogens is 1.